The van der Waals surface area contributed by atoms with Crippen molar-refractivity contribution in [1.82, 2.24) is 19.9 Å². The second-order valence-corrected chi connectivity index (χ2v) is 8.41. The van der Waals surface area contributed by atoms with Gasteiger partial charge < -0.3 is 10.2 Å². The van der Waals surface area contributed by atoms with Gasteiger partial charge in [0.1, 0.15) is 6.04 Å². The molecule has 0 saturated carbocycles. The van der Waals surface area contributed by atoms with Gasteiger partial charge in [-0.3, -0.25) is 9.59 Å². The minimum absolute atomic E-state index is 0.0223. The molecule has 1 N–H and O–H groups in total. The van der Waals surface area contributed by atoms with Crippen LogP contribution in [-0.4, -0.2) is 33.1 Å². The molecule has 4 aromatic rings. The molecule has 156 valence electrons. The zero-order valence-corrected chi connectivity index (χ0v) is 17.6. The maximum atomic E-state index is 12.9. The SMILES string of the molecule is O=C(NCc1ccccc1)C1CCCN1c1nn2c(=O)cc(-c3ccccc3)nc2s1. The van der Waals surface area contributed by atoms with Crippen molar-refractivity contribution in [3.05, 3.63) is 82.6 Å². The van der Waals surface area contributed by atoms with Gasteiger partial charge >= 0.3 is 0 Å². The first-order valence-electron chi connectivity index (χ1n) is 10.2. The molecule has 1 saturated heterocycles. The molecule has 31 heavy (non-hydrogen) atoms. The molecule has 5 rings (SSSR count). The van der Waals surface area contributed by atoms with Gasteiger partial charge in [0.25, 0.3) is 5.56 Å². The van der Waals surface area contributed by atoms with Crippen molar-refractivity contribution >= 4 is 27.3 Å². The summed E-state index contributed by atoms with van der Waals surface area (Å²) in [6.07, 6.45) is 1.66. The van der Waals surface area contributed by atoms with Gasteiger partial charge in [-0.15, -0.1) is 5.10 Å². The zero-order valence-electron chi connectivity index (χ0n) is 16.8. The lowest BCUT2D eigenvalue weighted by Gasteiger charge is -2.22. The molecule has 8 heteroatoms. The fourth-order valence-electron chi connectivity index (χ4n) is 3.84. The van der Waals surface area contributed by atoms with E-state index in [1.165, 1.54) is 21.9 Å². The number of nitrogens with one attached hydrogen (secondary N) is 1. The van der Waals surface area contributed by atoms with Crippen LogP contribution in [0.1, 0.15) is 18.4 Å². The van der Waals surface area contributed by atoms with Crippen molar-refractivity contribution in [2.75, 3.05) is 11.4 Å². The van der Waals surface area contributed by atoms with Crippen LogP contribution in [0.5, 0.6) is 0 Å². The number of benzene rings is 2. The third-order valence-electron chi connectivity index (χ3n) is 5.41. The molecule has 1 amide bonds. The van der Waals surface area contributed by atoms with Crippen LogP contribution in [-0.2, 0) is 11.3 Å². The second-order valence-electron chi connectivity index (χ2n) is 7.48. The Balaban J connectivity index is 1.39. The molecule has 2 aromatic heterocycles. The van der Waals surface area contributed by atoms with E-state index in [-0.39, 0.29) is 17.5 Å². The highest BCUT2D eigenvalue weighted by atomic mass is 32.1. The highest BCUT2D eigenvalue weighted by Crippen LogP contribution is 2.30. The zero-order chi connectivity index (χ0) is 21.2. The number of carbonyl (C=O) groups is 1. The molecular weight excluding hydrogens is 410 g/mol. The van der Waals surface area contributed by atoms with Crippen LogP contribution in [0, 0.1) is 0 Å². The molecule has 7 nitrogen and oxygen atoms in total. The van der Waals surface area contributed by atoms with E-state index < -0.39 is 0 Å². The number of amides is 1. The Hall–Kier alpha value is -3.52. The molecule has 3 heterocycles. The maximum absolute atomic E-state index is 12.9. The van der Waals surface area contributed by atoms with Crippen molar-refractivity contribution in [2.24, 2.45) is 0 Å². The van der Waals surface area contributed by atoms with Gasteiger partial charge in [0, 0.05) is 24.7 Å². The maximum Gasteiger partial charge on any atom is 0.275 e. The Bertz CT molecular complexity index is 1270. The number of fused-ring (bicyclic) bond motifs is 1. The fourth-order valence-corrected chi connectivity index (χ4v) is 4.83. The molecule has 1 aliphatic rings. The van der Waals surface area contributed by atoms with Crippen molar-refractivity contribution in [3.8, 4) is 11.3 Å². The van der Waals surface area contributed by atoms with Crippen LogP contribution >= 0.6 is 11.3 Å². The van der Waals surface area contributed by atoms with Gasteiger partial charge in [-0.05, 0) is 18.4 Å². The van der Waals surface area contributed by atoms with Crippen LogP contribution in [0.25, 0.3) is 16.2 Å². The highest BCUT2D eigenvalue weighted by molar-refractivity contribution is 7.20. The number of hydrogen-bond donors (Lipinski definition) is 1. The first-order chi connectivity index (χ1) is 15.2. The molecule has 2 aromatic carbocycles. The quantitative estimate of drug-likeness (QED) is 0.525. The summed E-state index contributed by atoms with van der Waals surface area (Å²) >= 11 is 1.34. The van der Waals surface area contributed by atoms with Crippen LogP contribution in [0.4, 0.5) is 5.13 Å². The smallest absolute Gasteiger partial charge is 0.275 e. The number of anilines is 1. The summed E-state index contributed by atoms with van der Waals surface area (Å²) in [5, 5.41) is 8.16. The van der Waals surface area contributed by atoms with Crippen molar-refractivity contribution in [2.45, 2.75) is 25.4 Å². The molecule has 0 aliphatic carbocycles. The molecule has 1 aliphatic heterocycles. The third-order valence-corrected chi connectivity index (χ3v) is 6.36. The fraction of sp³-hybridized carbons (Fsp3) is 0.217. The summed E-state index contributed by atoms with van der Waals surface area (Å²) in [6, 6.07) is 20.7. The Labute approximate surface area is 183 Å². The lowest BCUT2D eigenvalue weighted by molar-refractivity contribution is -0.122. The first kappa shape index (κ1) is 19.4. The van der Waals surface area contributed by atoms with E-state index in [0.29, 0.717) is 22.3 Å². The number of hydrogen-bond acceptors (Lipinski definition) is 6. The standard InChI is InChI=1S/C23H21N5O2S/c29-20-14-18(17-10-5-2-6-11-17)25-22-28(20)26-23(31-22)27-13-7-12-19(27)21(30)24-15-16-8-3-1-4-9-16/h1-6,8-11,14,19H,7,12-13,15H2,(H,24,30). The van der Waals surface area contributed by atoms with E-state index in [0.717, 1.165) is 30.5 Å². The van der Waals surface area contributed by atoms with Gasteiger partial charge in [-0.25, -0.2) is 4.98 Å². The summed E-state index contributed by atoms with van der Waals surface area (Å²) in [4.78, 5) is 32.7. The third kappa shape index (κ3) is 3.94. The first-order valence-corrected chi connectivity index (χ1v) is 11.1. The van der Waals surface area contributed by atoms with Gasteiger partial charge in [0.15, 0.2) is 0 Å². The minimum atomic E-state index is -0.298. The average Bonchev–Trinajstić information content (AvgIpc) is 3.46. The van der Waals surface area contributed by atoms with Gasteiger partial charge in [-0.1, -0.05) is 72.0 Å². The Morgan fingerprint density at radius 3 is 2.61 bits per heavy atom. The number of rotatable bonds is 5. The topological polar surface area (TPSA) is 79.6 Å². The molecule has 1 fully saturated rings. The number of aromatic nitrogens is 3. The van der Waals surface area contributed by atoms with E-state index in [1.54, 1.807) is 0 Å². The molecule has 0 radical (unpaired) electrons. The number of carbonyl (C=O) groups excluding carboxylic acids is 1. The lowest BCUT2D eigenvalue weighted by atomic mass is 10.1. The normalized spacial score (nSPS) is 16.0. The van der Waals surface area contributed by atoms with E-state index in [9.17, 15) is 9.59 Å². The number of nitrogens with zero attached hydrogens (tertiary/aromatic N) is 4. The van der Waals surface area contributed by atoms with Crippen LogP contribution in [0.2, 0.25) is 0 Å². The second kappa shape index (κ2) is 8.31. The monoisotopic (exact) mass is 431 g/mol. The Kier molecular flexibility index (Phi) is 5.21. The van der Waals surface area contributed by atoms with Gasteiger partial charge in [0.05, 0.1) is 5.69 Å². The van der Waals surface area contributed by atoms with E-state index in [4.69, 9.17) is 0 Å². The summed E-state index contributed by atoms with van der Waals surface area (Å²) < 4.78 is 1.32. The molecule has 1 atom stereocenters. The average molecular weight is 432 g/mol. The van der Waals surface area contributed by atoms with E-state index in [1.807, 2.05) is 65.6 Å². The molecule has 0 spiro atoms. The minimum Gasteiger partial charge on any atom is -0.350 e. The predicted octanol–water partition coefficient (Wildman–Crippen LogP) is 3.10. The summed E-state index contributed by atoms with van der Waals surface area (Å²) in [5.41, 5.74) is 2.34. The Morgan fingerprint density at radius 2 is 1.84 bits per heavy atom. The summed E-state index contributed by atoms with van der Waals surface area (Å²) in [5.74, 6) is -0.0223. The van der Waals surface area contributed by atoms with Crippen molar-refractivity contribution in [3.63, 3.8) is 0 Å². The van der Waals surface area contributed by atoms with Gasteiger partial charge in [0.2, 0.25) is 16.0 Å². The van der Waals surface area contributed by atoms with Crippen molar-refractivity contribution in [1.29, 1.82) is 0 Å². The van der Waals surface area contributed by atoms with Crippen LogP contribution < -0.4 is 15.8 Å². The molecule has 1 unspecified atom stereocenters. The van der Waals surface area contributed by atoms with Crippen LogP contribution in [0.3, 0.4) is 0 Å². The van der Waals surface area contributed by atoms with E-state index in [2.05, 4.69) is 15.4 Å². The van der Waals surface area contributed by atoms with Crippen LogP contribution in [0.15, 0.2) is 71.5 Å². The van der Waals surface area contributed by atoms with E-state index >= 15 is 0 Å². The predicted molar refractivity (Wildman–Crippen MR) is 121 cm³/mol. The highest BCUT2D eigenvalue weighted by Gasteiger charge is 2.33. The molecular formula is C23H21N5O2S. The summed E-state index contributed by atoms with van der Waals surface area (Å²) in [7, 11) is 0. The largest absolute Gasteiger partial charge is 0.350 e. The van der Waals surface area contributed by atoms with Gasteiger partial charge in [-0.2, -0.15) is 4.52 Å². The Morgan fingerprint density at radius 1 is 1.10 bits per heavy atom. The van der Waals surface area contributed by atoms with Crippen molar-refractivity contribution < 1.29 is 4.79 Å². The summed E-state index contributed by atoms with van der Waals surface area (Å²) in [6.45, 7) is 1.22. The molecule has 0 bridgehead atoms. The lowest BCUT2D eigenvalue weighted by Crippen LogP contribution is -2.43.